The van der Waals surface area contributed by atoms with Gasteiger partial charge in [-0.25, -0.2) is 0 Å². The molecule has 2 N–H and O–H groups in total. The first-order chi connectivity index (χ1) is 11.8. The van der Waals surface area contributed by atoms with Gasteiger partial charge in [-0.2, -0.15) is 0 Å². The van der Waals surface area contributed by atoms with Gasteiger partial charge in [-0.05, 0) is 24.9 Å². The number of carbonyl (C=O) groups excluding carboxylic acids is 1. The summed E-state index contributed by atoms with van der Waals surface area (Å²) < 4.78 is 0. The lowest BCUT2D eigenvalue weighted by molar-refractivity contribution is -0.126. The zero-order chi connectivity index (χ0) is 16.6. The molecule has 132 valence electrons. The number of piperidine rings is 1. The van der Waals surface area contributed by atoms with E-state index in [4.69, 9.17) is 0 Å². The summed E-state index contributed by atoms with van der Waals surface area (Å²) in [6.07, 6.45) is 2.13. The van der Waals surface area contributed by atoms with E-state index in [1.54, 1.807) is 0 Å². The van der Waals surface area contributed by atoms with E-state index in [1.807, 2.05) is 6.07 Å². The first-order valence-corrected chi connectivity index (χ1v) is 9.28. The molecule has 5 nitrogen and oxygen atoms in total. The van der Waals surface area contributed by atoms with Crippen molar-refractivity contribution in [3.8, 4) is 0 Å². The second-order valence-corrected chi connectivity index (χ2v) is 6.94. The van der Waals surface area contributed by atoms with Gasteiger partial charge in [-0.3, -0.25) is 14.6 Å². The van der Waals surface area contributed by atoms with Gasteiger partial charge in [0.15, 0.2) is 0 Å². The summed E-state index contributed by atoms with van der Waals surface area (Å²) in [5.41, 5.74) is 1.33. The molecular weight excluding hydrogens is 300 g/mol. The number of amides is 1. The average Bonchev–Trinajstić information content (AvgIpc) is 2.64. The fourth-order valence-corrected chi connectivity index (χ4v) is 3.67. The van der Waals surface area contributed by atoms with Crippen LogP contribution in [0.15, 0.2) is 30.3 Å². The van der Waals surface area contributed by atoms with Crippen molar-refractivity contribution in [2.45, 2.75) is 19.4 Å². The summed E-state index contributed by atoms with van der Waals surface area (Å²) in [4.78, 5) is 17.3. The van der Waals surface area contributed by atoms with Crippen LogP contribution in [0.25, 0.3) is 0 Å². The van der Waals surface area contributed by atoms with E-state index in [0.29, 0.717) is 0 Å². The van der Waals surface area contributed by atoms with Gasteiger partial charge < -0.3 is 10.6 Å². The van der Waals surface area contributed by atoms with E-state index in [9.17, 15) is 4.79 Å². The minimum Gasteiger partial charge on any atom is -0.355 e. The standard InChI is InChI=1S/C19H30N4O/c24-19(21-10-14-22-12-8-20-9-13-22)18-7-4-11-23(16-18)15-17-5-2-1-3-6-17/h1-3,5-6,18,20H,4,7-16H2,(H,21,24). The van der Waals surface area contributed by atoms with Gasteiger partial charge in [0.25, 0.3) is 0 Å². The van der Waals surface area contributed by atoms with Gasteiger partial charge in [0, 0.05) is 52.4 Å². The van der Waals surface area contributed by atoms with Gasteiger partial charge in [0.2, 0.25) is 5.91 Å². The van der Waals surface area contributed by atoms with Crippen molar-refractivity contribution in [1.82, 2.24) is 20.4 Å². The molecule has 0 radical (unpaired) electrons. The highest BCUT2D eigenvalue weighted by Crippen LogP contribution is 2.18. The van der Waals surface area contributed by atoms with Crippen LogP contribution in [0.4, 0.5) is 0 Å². The van der Waals surface area contributed by atoms with Crippen LogP contribution in [-0.2, 0) is 11.3 Å². The van der Waals surface area contributed by atoms with Gasteiger partial charge in [0.05, 0.1) is 5.92 Å². The minimum atomic E-state index is 0.144. The molecule has 1 aromatic carbocycles. The van der Waals surface area contributed by atoms with Crippen LogP contribution < -0.4 is 10.6 Å². The zero-order valence-corrected chi connectivity index (χ0v) is 14.5. The largest absolute Gasteiger partial charge is 0.355 e. The van der Waals surface area contributed by atoms with Crippen molar-refractivity contribution in [3.63, 3.8) is 0 Å². The third-order valence-electron chi connectivity index (χ3n) is 5.06. The van der Waals surface area contributed by atoms with E-state index in [2.05, 4.69) is 44.7 Å². The molecule has 0 saturated carbocycles. The van der Waals surface area contributed by atoms with Gasteiger partial charge in [-0.15, -0.1) is 0 Å². The van der Waals surface area contributed by atoms with Crippen molar-refractivity contribution >= 4 is 5.91 Å². The summed E-state index contributed by atoms with van der Waals surface area (Å²) in [6.45, 7) is 8.96. The molecule has 2 heterocycles. The molecule has 3 rings (SSSR count). The highest BCUT2D eigenvalue weighted by Gasteiger charge is 2.25. The van der Waals surface area contributed by atoms with Crippen LogP contribution >= 0.6 is 0 Å². The number of hydrogen-bond acceptors (Lipinski definition) is 4. The molecule has 0 bridgehead atoms. The van der Waals surface area contributed by atoms with E-state index in [0.717, 1.165) is 71.7 Å². The molecule has 5 heteroatoms. The number of carbonyl (C=O) groups is 1. The number of nitrogens with one attached hydrogen (secondary N) is 2. The fraction of sp³-hybridized carbons (Fsp3) is 0.632. The first-order valence-electron chi connectivity index (χ1n) is 9.28. The summed E-state index contributed by atoms with van der Waals surface area (Å²) in [6, 6.07) is 10.5. The average molecular weight is 330 g/mol. The number of rotatable bonds is 6. The van der Waals surface area contributed by atoms with Crippen molar-refractivity contribution in [2.75, 3.05) is 52.4 Å². The van der Waals surface area contributed by atoms with E-state index in [-0.39, 0.29) is 11.8 Å². The van der Waals surface area contributed by atoms with Crippen LogP contribution in [-0.4, -0.2) is 68.1 Å². The number of hydrogen-bond donors (Lipinski definition) is 2. The van der Waals surface area contributed by atoms with Crippen LogP contribution in [0.3, 0.4) is 0 Å². The molecule has 2 aliphatic rings. The van der Waals surface area contributed by atoms with Gasteiger partial charge in [-0.1, -0.05) is 30.3 Å². The topological polar surface area (TPSA) is 47.6 Å². The third-order valence-corrected chi connectivity index (χ3v) is 5.06. The Hall–Kier alpha value is -1.43. The van der Waals surface area contributed by atoms with Crippen LogP contribution in [0.5, 0.6) is 0 Å². The highest BCUT2D eigenvalue weighted by atomic mass is 16.1. The lowest BCUT2D eigenvalue weighted by atomic mass is 9.96. The van der Waals surface area contributed by atoms with Crippen molar-refractivity contribution in [2.24, 2.45) is 5.92 Å². The molecule has 2 aliphatic heterocycles. The van der Waals surface area contributed by atoms with Gasteiger partial charge >= 0.3 is 0 Å². The molecule has 1 amide bonds. The van der Waals surface area contributed by atoms with E-state index < -0.39 is 0 Å². The number of nitrogens with zero attached hydrogens (tertiary/aromatic N) is 2. The number of piperazine rings is 1. The minimum absolute atomic E-state index is 0.144. The number of likely N-dealkylation sites (tertiary alicyclic amines) is 1. The molecule has 0 spiro atoms. The maximum atomic E-state index is 12.5. The van der Waals surface area contributed by atoms with Crippen LogP contribution in [0.1, 0.15) is 18.4 Å². The predicted molar refractivity (Wildman–Crippen MR) is 96.8 cm³/mol. The normalized spacial score (nSPS) is 23.1. The third kappa shape index (κ3) is 5.30. The van der Waals surface area contributed by atoms with E-state index in [1.165, 1.54) is 5.56 Å². The molecule has 24 heavy (non-hydrogen) atoms. The predicted octanol–water partition coefficient (Wildman–Crippen LogP) is 0.920. The van der Waals surface area contributed by atoms with Gasteiger partial charge in [0.1, 0.15) is 0 Å². The first kappa shape index (κ1) is 17.4. The quantitative estimate of drug-likeness (QED) is 0.814. The molecule has 1 unspecified atom stereocenters. The summed E-state index contributed by atoms with van der Waals surface area (Å²) in [7, 11) is 0. The maximum Gasteiger partial charge on any atom is 0.224 e. The molecule has 2 saturated heterocycles. The van der Waals surface area contributed by atoms with Crippen molar-refractivity contribution in [3.05, 3.63) is 35.9 Å². The van der Waals surface area contributed by atoms with Crippen LogP contribution in [0, 0.1) is 5.92 Å². The van der Waals surface area contributed by atoms with Crippen molar-refractivity contribution < 1.29 is 4.79 Å². The Morgan fingerprint density at radius 1 is 1.12 bits per heavy atom. The Bertz CT molecular complexity index is 501. The van der Waals surface area contributed by atoms with Crippen LogP contribution in [0.2, 0.25) is 0 Å². The fourth-order valence-electron chi connectivity index (χ4n) is 3.67. The Morgan fingerprint density at radius 2 is 1.92 bits per heavy atom. The summed E-state index contributed by atoms with van der Waals surface area (Å²) in [5.74, 6) is 0.383. The summed E-state index contributed by atoms with van der Waals surface area (Å²) in [5, 5.41) is 6.51. The summed E-state index contributed by atoms with van der Waals surface area (Å²) >= 11 is 0. The Kier molecular flexibility index (Phi) is 6.64. The Morgan fingerprint density at radius 3 is 2.71 bits per heavy atom. The zero-order valence-electron chi connectivity index (χ0n) is 14.5. The maximum absolute atomic E-state index is 12.5. The van der Waals surface area contributed by atoms with E-state index >= 15 is 0 Å². The second kappa shape index (κ2) is 9.16. The highest BCUT2D eigenvalue weighted by molar-refractivity contribution is 5.78. The van der Waals surface area contributed by atoms with Crippen molar-refractivity contribution in [1.29, 1.82) is 0 Å². The number of benzene rings is 1. The molecule has 1 aromatic rings. The Labute approximate surface area is 145 Å². The molecule has 2 fully saturated rings. The second-order valence-electron chi connectivity index (χ2n) is 6.94. The lowest BCUT2D eigenvalue weighted by Crippen LogP contribution is -2.48. The smallest absolute Gasteiger partial charge is 0.224 e. The molecule has 1 atom stereocenters. The monoisotopic (exact) mass is 330 g/mol. The molecule has 0 aliphatic carbocycles. The lowest BCUT2D eigenvalue weighted by Gasteiger charge is -2.32. The molecular formula is C19H30N4O. The molecule has 0 aromatic heterocycles. The SMILES string of the molecule is O=C(NCCN1CCNCC1)C1CCCN(Cc2ccccc2)C1. The Balaban J connectivity index is 1.39.